The van der Waals surface area contributed by atoms with Crippen LogP contribution in [0.1, 0.15) is 0 Å². The molecule has 0 radical (unpaired) electrons. The van der Waals surface area contributed by atoms with Gasteiger partial charge in [-0.3, -0.25) is 0 Å². The maximum atomic E-state index is 13.6. The van der Waals surface area contributed by atoms with E-state index in [-0.39, 0.29) is 5.82 Å². The summed E-state index contributed by atoms with van der Waals surface area (Å²) in [7, 11) is 1.86. The molecule has 2 nitrogen and oxygen atoms in total. The number of rotatable bonds is 2. The molecule has 3 rings (SSSR count). The number of furan rings is 1. The summed E-state index contributed by atoms with van der Waals surface area (Å²) in [5.74, 6) is 0.343. The Morgan fingerprint density at radius 3 is 2.67 bits per heavy atom. The summed E-state index contributed by atoms with van der Waals surface area (Å²) in [4.78, 5) is 0. The maximum Gasteiger partial charge on any atom is 0.170 e. The Morgan fingerprint density at radius 2 is 1.89 bits per heavy atom. The number of anilines is 1. The molecule has 0 saturated carbocycles. The van der Waals surface area contributed by atoms with Crippen molar-refractivity contribution in [1.29, 1.82) is 0 Å². The Bertz CT molecular complexity index is 703. The average Bonchev–Trinajstić information content (AvgIpc) is 2.84. The lowest BCUT2D eigenvalue weighted by Crippen LogP contribution is -1.86. The van der Waals surface area contributed by atoms with Crippen LogP contribution in [0.4, 0.5) is 10.1 Å². The van der Waals surface area contributed by atoms with Crippen molar-refractivity contribution in [3.05, 3.63) is 54.3 Å². The van der Waals surface area contributed by atoms with E-state index in [2.05, 4.69) is 5.32 Å². The van der Waals surface area contributed by atoms with E-state index in [0.29, 0.717) is 11.3 Å². The van der Waals surface area contributed by atoms with Gasteiger partial charge in [0, 0.05) is 23.7 Å². The fraction of sp³-hybridized carbons (Fsp3) is 0.0667. The van der Waals surface area contributed by atoms with Gasteiger partial charge in [-0.25, -0.2) is 4.39 Å². The molecule has 0 aliphatic carbocycles. The number of hydrogen-bond acceptors (Lipinski definition) is 2. The number of nitrogens with one attached hydrogen (secondary N) is 1. The second-order valence-corrected chi connectivity index (χ2v) is 4.10. The van der Waals surface area contributed by atoms with Crippen molar-refractivity contribution in [3.8, 4) is 11.3 Å². The van der Waals surface area contributed by atoms with Gasteiger partial charge >= 0.3 is 0 Å². The highest BCUT2D eigenvalue weighted by atomic mass is 19.1. The first kappa shape index (κ1) is 10.8. The van der Waals surface area contributed by atoms with Gasteiger partial charge in [0.25, 0.3) is 0 Å². The molecular formula is C15H12FNO. The van der Waals surface area contributed by atoms with Gasteiger partial charge in [0.15, 0.2) is 11.4 Å². The molecular weight excluding hydrogens is 229 g/mol. The summed E-state index contributed by atoms with van der Waals surface area (Å²) in [5.41, 5.74) is 2.23. The molecule has 0 fully saturated rings. The molecule has 0 atom stereocenters. The highest BCUT2D eigenvalue weighted by Crippen LogP contribution is 2.30. The van der Waals surface area contributed by atoms with E-state index in [1.807, 2.05) is 43.4 Å². The van der Waals surface area contributed by atoms with Crippen molar-refractivity contribution in [2.45, 2.75) is 0 Å². The molecule has 0 aliphatic rings. The van der Waals surface area contributed by atoms with Crippen LogP contribution in [0.2, 0.25) is 0 Å². The van der Waals surface area contributed by atoms with Crippen LogP contribution in [0, 0.1) is 5.82 Å². The maximum absolute atomic E-state index is 13.6. The van der Waals surface area contributed by atoms with Gasteiger partial charge in [-0.05, 0) is 24.3 Å². The third kappa shape index (κ3) is 1.74. The van der Waals surface area contributed by atoms with E-state index in [1.165, 1.54) is 6.07 Å². The van der Waals surface area contributed by atoms with Crippen molar-refractivity contribution in [2.24, 2.45) is 0 Å². The first-order chi connectivity index (χ1) is 8.78. The number of benzene rings is 2. The van der Waals surface area contributed by atoms with E-state index in [4.69, 9.17) is 4.42 Å². The molecule has 3 aromatic rings. The molecule has 90 valence electrons. The Kier molecular flexibility index (Phi) is 2.52. The van der Waals surface area contributed by atoms with Gasteiger partial charge in [-0.2, -0.15) is 0 Å². The Balaban J connectivity index is 2.16. The van der Waals surface area contributed by atoms with E-state index in [9.17, 15) is 4.39 Å². The first-order valence-electron chi connectivity index (χ1n) is 5.74. The van der Waals surface area contributed by atoms with Crippen LogP contribution in [0.3, 0.4) is 0 Å². The SMILES string of the molecule is CNc1cccc(-c2cc3cccc(F)c3o2)c1. The minimum atomic E-state index is -0.330. The van der Waals surface area contributed by atoms with Crippen LogP contribution in [-0.2, 0) is 0 Å². The van der Waals surface area contributed by atoms with Crippen LogP contribution >= 0.6 is 0 Å². The van der Waals surface area contributed by atoms with E-state index in [1.54, 1.807) is 6.07 Å². The predicted octanol–water partition coefficient (Wildman–Crippen LogP) is 4.28. The minimum absolute atomic E-state index is 0.308. The van der Waals surface area contributed by atoms with Gasteiger partial charge in [-0.15, -0.1) is 0 Å². The highest BCUT2D eigenvalue weighted by molar-refractivity contribution is 5.83. The van der Waals surface area contributed by atoms with Gasteiger partial charge < -0.3 is 9.73 Å². The van der Waals surface area contributed by atoms with Crippen LogP contribution in [0.25, 0.3) is 22.3 Å². The lowest BCUT2D eigenvalue weighted by molar-refractivity contribution is 0.569. The second kappa shape index (κ2) is 4.18. The Labute approximate surface area is 104 Å². The molecule has 2 aromatic carbocycles. The lowest BCUT2D eigenvalue weighted by Gasteiger charge is -2.01. The van der Waals surface area contributed by atoms with Gasteiger partial charge in [0.2, 0.25) is 0 Å². The third-order valence-electron chi connectivity index (χ3n) is 2.93. The standard InChI is InChI=1S/C15H12FNO/c1-17-12-6-2-4-10(8-12)14-9-11-5-3-7-13(16)15(11)18-14/h2-9,17H,1H3. The molecule has 18 heavy (non-hydrogen) atoms. The summed E-state index contributed by atoms with van der Waals surface area (Å²) >= 11 is 0. The number of hydrogen-bond donors (Lipinski definition) is 1. The van der Waals surface area contributed by atoms with Crippen molar-refractivity contribution in [3.63, 3.8) is 0 Å². The topological polar surface area (TPSA) is 25.2 Å². The number of para-hydroxylation sites is 1. The number of fused-ring (bicyclic) bond motifs is 1. The summed E-state index contributed by atoms with van der Waals surface area (Å²) in [6, 6.07) is 14.6. The second-order valence-electron chi connectivity index (χ2n) is 4.10. The quantitative estimate of drug-likeness (QED) is 0.724. The molecule has 1 aromatic heterocycles. The zero-order valence-corrected chi connectivity index (χ0v) is 9.91. The van der Waals surface area contributed by atoms with E-state index in [0.717, 1.165) is 16.6 Å². The van der Waals surface area contributed by atoms with Crippen molar-refractivity contribution < 1.29 is 8.81 Å². The molecule has 0 bridgehead atoms. The van der Waals surface area contributed by atoms with Crippen molar-refractivity contribution in [2.75, 3.05) is 12.4 Å². The molecule has 0 amide bonds. The van der Waals surface area contributed by atoms with Crippen molar-refractivity contribution in [1.82, 2.24) is 0 Å². The Hall–Kier alpha value is -2.29. The van der Waals surface area contributed by atoms with Gasteiger partial charge in [0.1, 0.15) is 5.76 Å². The van der Waals surface area contributed by atoms with Crippen molar-refractivity contribution >= 4 is 16.7 Å². The largest absolute Gasteiger partial charge is 0.453 e. The molecule has 1 heterocycles. The third-order valence-corrected chi connectivity index (χ3v) is 2.93. The summed E-state index contributed by atoms with van der Waals surface area (Å²) in [6.45, 7) is 0. The Morgan fingerprint density at radius 1 is 1.06 bits per heavy atom. The summed E-state index contributed by atoms with van der Waals surface area (Å²) in [5, 5.41) is 3.84. The molecule has 0 saturated heterocycles. The summed E-state index contributed by atoms with van der Waals surface area (Å²) < 4.78 is 19.1. The van der Waals surface area contributed by atoms with Crippen LogP contribution in [0.15, 0.2) is 52.9 Å². The average molecular weight is 241 g/mol. The minimum Gasteiger partial charge on any atom is -0.453 e. The van der Waals surface area contributed by atoms with Crippen LogP contribution in [-0.4, -0.2) is 7.05 Å². The predicted molar refractivity (Wildman–Crippen MR) is 71.2 cm³/mol. The first-order valence-corrected chi connectivity index (χ1v) is 5.74. The molecule has 0 unspecified atom stereocenters. The van der Waals surface area contributed by atoms with Gasteiger partial charge in [-0.1, -0.05) is 24.3 Å². The number of halogens is 1. The molecule has 0 aliphatic heterocycles. The molecule has 1 N–H and O–H groups in total. The van der Waals surface area contributed by atoms with Gasteiger partial charge in [0.05, 0.1) is 0 Å². The van der Waals surface area contributed by atoms with Crippen LogP contribution in [0.5, 0.6) is 0 Å². The normalized spacial score (nSPS) is 10.8. The smallest absolute Gasteiger partial charge is 0.170 e. The molecule has 0 spiro atoms. The fourth-order valence-corrected chi connectivity index (χ4v) is 2.00. The fourth-order valence-electron chi connectivity index (χ4n) is 2.00. The zero-order valence-electron chi connectivity index (χ0n) is 9.91. The lowest BCUT2D eigenvalue weighted by atomic mass is 10.1. The highest BCUT2D eigenvalue weighted by Gasteiger charge is 2.09. The molecule has 3 heteroatoms. The summed E-state index contributed by atoms with van der Waals surface area (Å²) in [6.07, 6.45) is 0. The van der Waals surface area contributed by atoms with Crippen LogP contribution < -0.4 is 5.32 Å². The van der Waals surface area contributed by atoms with E-state index >= 15 is 0 Å². The zero-order chi connectivity index (χ0) is 12.5. The monoisotopic (exact) mass is 241 g/mol. The van der Waals surface area contributed by atoms with E-state index < -0.39 is 0 Å².